The number of alkyl halides is 1. The van der Waals surface area contributed by atoms with Gasteiger partial charge in [0.15, 0.2) is 0 Å². The molecule has 3 aromatic heterocycles. The van der Waals surface area contributed by atoms with E-state index in [-0.39, 0.29) is 5.41 Å². The fourth-order valence-electron chi connectivity index (χ4n) is 4.59. The number of rotatable bonds is 8. The highest BCUT2D eigenvalue weighted by molar-refractivity contribution is 6.35. The predicted octanol–water partition coefficient (Wildman–Crippen LogP) is 7.26. The molecule has 0 bridgehead atoms. The van der Waals surface area contributed by atoms with E-state index in [9.17, 15) is 9.65 Å². The number of nitrogens with zero attached hydrogens (tertiary/aromatic N) is 6. The van der Waals surface area contributed by atoms with Gasteiger partial charge >= 0.3 is 0 Å². The quantitative estimate of drug-likeness (QED) is 0.202. The van der Waals surface area contributed by atoms with Gasteiger partial charge in [-0.3, -0.25) is 9.97 Å². The zero-order chi connectivity index (χ0) is 29.4. The van der Waals surface area contributed by atoms with Crippen molar-refractivity contribution in [3.05, 3.63) is 82.9 Å². The van der Waals surface area contributed by atoms with Crippen molar-refractivity contribution >= 4 is 44.8 Å². The molecule has 0 aliphatic carbocycles. The molecule has 0 saturated heterocycles. The normalized spacial score (nSPS) is 12.8. The Balaban J connectivity index is 1.66. The van der Waals surface area contributed by atoms with Crippen LogP contribution in [0.3, 0.4) is 0 Å². The Kier molecular flexibility index (Phi) is 7.54. The lowest BCUT2D eigenvalue weighted by molar-refractivity contribution is 0.232. The number of hydrogen-bond donors (Lipinski definition) is 2. The van der Waals surface area contributed by atoms with E-state index < -0.39 is 18.3 Å². The van der Waals surface area contributed by atoms with Crippen LogP contribution in [-0.4, -0.2) is 38.2 Å². The first kappa shape index (κ1) is 28.2. The molecule has 0 amide bonds. The number of pyridine rings is 2. The minimum Gasteiger partial charge on any atom is -0.383 e. The molecule has 5 aromatic rings. The monoisotopic (exact) mass is 570 g/mol. The first-order valence-corrected chi connectivity index (χ1v) is 13.7. The third-order valence-electron chi connectivity index (χ3n) is 6.90. The van der Waals surface area contributed by atoms with Crippen LogP contribution < -0.4 is 10.6 Å². The van der Waals surface area contributed by atoms with Crippen molar-refractivity contribution in [3.63, 3.8) is 0 Å². The van der Waals surface area contributed by atoms with Crippen molar-refractivity contribution in [2.75, 3.05) is 23.9 Å². The molecule has 2 N–H and O–H groups in total. The fourth-order valence-corrected chi connectivity index (χ4v) is 4.86. The van der Waals surface area contributed by atoms with Crippen molar-refractivity contribution in [2.24, 2.45) is 5.41 Å². The number of hydrogen-bond acceptors (Lipinski definition) is 7. The van der Waals surface area contributed by atoms with Gasteiger partial charge in [0.2, 0.25) is 0 Å². The zero-order valence-electron chi connectivity index (χ0n) is 23.7. The molecule has 0 fully saturated rings. The number of aromatic nitrogens is 5. The topological polar surface area (TPSA) is 104 Å². The first-order valence-electron chi connectivity index (χ1n) is 13.4. The second-order valence-corrected chi connectivity index (χ2v) is 12.4. The first-order chi connectivity index (χ1) is 19.5. The Bertz CT molecular complexity index is 1760. The Labute approximate surface area is 243 Å². The van der Waals surface area contributed by atoms with E-state index in [4.69, 9.17) is 11.6 Å². The van der Waals surface area contributed by atoms with Crippen LogP contribution in [0.5, 0.6) is 0 Å². The molecular formula is C31H32ClFN8. The summed E-state index contributed by atoms with van der Waals surface area (Å²) in [6, 6.07) is 15.3. The Hall–Kier alpha value is -4.29. The van der Waals surface area contributed by atoms with E-state index in [0.717, 1.165) is 21.9 Å². The van der Waals surface area contributed by atoms with Crippen LogP contribution in [0.2, 0.25) is 5.02 Å². The summed E-state index contributed by atoms with van der Waals surface area (Å²) >= 11 is 6.78. The SMILES string of the molecule is CC(C)(C)CNc1c(C#N)cnc2c(Cl)cc(NC(c3cn(C(C)(C)CF)nn3)c3cccc4ncccc34)cc12. The number of halogens is 2. The molecule has 5 rings (SSSR count). The molecule has 2 aromatic carbocycles. The highest BCUT2D eigenvalue weighted by atomic mass is 35.5. The van der Waals surface area contributed by atoms with Crippen LogP contribution in [0.15, 0.2) is 61.1 Å². The van der Waals surface area contributed by atoms with E-state index in [1.165, 1.54) is 0 Å². The van der Waals surface area contributed by atoms with Gasteiger partial charge in [-0.15, -0.1) is 5.10 Å². The summed E-state index contributed by atoms with van der Waals surface area (Å²) in [7, 11) is 0. The van der Waals surface area contributed by atoms with Gasteiger partial charge in [-0.1, -0.05) is 55.8 Å². The Morgan fingerprint density at radius 3 is 2.61 bits per heavy atom. The van der Waals surface area contributed by atoms with Crippen molar-refractivity contribution < 1.29 is 4.39 Å². The van der Waals surface area contributed by atoms with Gasteiger partial charge in [0.25, 0.3) is 0 Å². The third kappa shape index (κ3) is 5.79. The number of anilines is 2. The fraction of sp³-hybridized carbons (Fsp3) is 0.323. The van der Waals surface area contributed by atoms with Gasteiger partial charge in [0.05, 0.1) is 45.1 Å². The summed E-state index contributed by atoms with van der Waals surface area (Å²) in [6.07, 6.45) is 5.06. The molecule has 1 atom stereocenters. The highest BCUT2D eigenvalue weighted by Gasteiger charge is 2.26. The molecule has 0 radical (unpaired) electrons. The van der Waals surface area contributed by atoms with Gasteiger partial charge in [0.1, 0.15) is 18.4 Å². The van der Waals surface area contributed by atoms with Crippen LogP contribution in [0.4, 0.5) is 15.8 Å². The number of fused-ring (bicyclic) bond motifs is 2. The lowest BCUT2D eigenvalue weighted by Crippen LogP contribution is -2.29. The summed E-state index contributed by atoms with van der Waals surface area (Å²) in [5, 5.41) is 27.7. The summed E-state index contributed by atoms with van der Waals surface area (Å²) in [6.45, 7) is 9.96. The highest BCUT2D eigenvalue weighted by Crippen LogP contribution is 2.37. The van der Waals surface area contributed by atoms with Gasteiger partial charge in [-0.25, -0.2) is 9.07 Å². The molecule has 0 saturated carbocycles. The van der Waals surface area contributed by atoms with Gasteiger partial charge in [0, 0.05) is 35.4 Å². The lowest BCUT2D eigenvalue weighted by atomic mass is 9.96. The second-order valence-electron chi connectivity index (χ2n) is 12.0. The number of benzene rings is 2. The van der Waals surface area contributed by atoms with Crippen molar-refractivity contribution in [1.82, 2.24) is 25.0 Å². The summed E-state index contributed by atoms with van der Waals surface area (Å²) in [4.78, 5) is 9.00. The van der Waals surface area contributed by atoms with Crippen LogP contribution in [0.25, 0.3) is 21.8 Å². The van der Waals surface area contributed by atoms with E-state index >= 15 is 0 Å². The van der Waals surface area contributed by atoms with Gasteiger partial charge in [-0.05, 0) is 49.1 Å². The van der Waals surface area contributed by atoms with Crippen LogP contribution in [0.1, 0.15) is 57.5 Å². The van der Waals surface area contributed by atoms with E-state index in [0.29, 0.717) is 39.7 Å². The smallest absolute Gasteiger partial charge is 0.114 e. The van der Waals surface area contributed by atoms with E-state index in [1.54, 1.807) is 37.1 Å². The summed E-state index contributed by atoms with van der Waals surface area (Å²) in [5.41, 5.74) is 3.90. The van der Waals surface area contributed by atoms with Crippen molar-refractivity contribution in [2.45, 2.75) is 46.2 Å². The predicted molar refractivity (Wildman–Crippen MR) is 162 cm³/mol. The second kappa shape index (κ2) is 10.9. The van der Waals surface area contributed by atoms with E-state index in [1.807, 2.05) is 42.5 Å². The molecular weight excluding hydrogens is 539 g/mol. The minimum absolute atomic E-state index is 0.0192. The maximum absolute atomic E-state index is 13.8. The molecule has 10 heteroatoms. The van der Waals surface area contributed by atoms with Crippen molar-refractivity contribution in [3.8, 4) is 6.07 Å². The maximum atomic E-state index is 13.8. The van der Waals surface area contributed by atoms with Crippen LogP contribution in [-0.2, 0) is 5.54 Å². The average molecular weight is 571 g/mol. The minimum atomic E-state index is -0.852. The van der Waals surface area contributed by atoms with Crippen LogP contribution in [0, 0.1) is 16.7 Å². The Morgan fingerprint density at radius 2 is 1.88 bits per heavy atom. The molecule has 1 unspecified atom stereocenters. The Morgan fingerprint density at radius 1 is 1.07 bits per heavy atom. The lowest BCUT2D eigenvalue weighted by Gasteiger charge is -2.23. The molecule has 0 spiro atoms. The maximum Gasteiger partial charge on any atom is 0.114 e. The van der Waals surface area contributed by atoms with Gasteiger partial charge in [-0.2, -0.15) is 5.26 Å². The molecule has 210 valence electrons. The zero-order valence-corrected chi connectivity index (χ0v) is 24.5. The summed E-state index contributed by atoms with van der Waals surface area (Å²) < 4.78 is 15.4. The molecule has 0 aliphatic heterocycles. The average Bonchev–Trinajstić information content (AvgIpc) is 3.45. The molecule has 8 nitrogen and oxygen atoms in total. The van der Waals surface area contributed by atoms with Crippen molar-refractivity contribution in [1.29, 1.82) is 5.26 Å². The van der Waals surface area contributed by atoms with Crippen LogP contribution >= 0.6 is 11.6 Å². The number of nitrogens with one attached hydrogen (secondary N) is 2. The third-order valence-corrected chi connectivity index (χ3v) is 7.18. The molecule has 0 aliphatic rings. The largest absolute Gasteiger partial charge is 0.383 e. The molecule has 41 heavy (non-hydrogen) atoms. The number of nitriles is 1. The van der Waals surface area contributed by atoms with Gasteiger partial charge < -0.3 is 10.6 Å². The van der Waals surface area contributed by atoms with E-state index in [2.05, 4.69) is 57.8 Å². The summed E-state index contributed by atoms with van der Waals surface area (Å²) in [5.74, 6) is 0. The standard InChI is InChI=1S/C31H32ClFN8/c1-30(2,3)18-37-27-19(14-34)15-36-28-23(27)12-20(13-24(28)32)38-29(26-16-41(40-39-26)31(4,5)17-33)22-8-6-10-25-21(22)9-7-11-35-25/h6-13,15-16,29,38H,17-18H2,1-5H3,(H,36,37). The molecule has 3 heterocycles.